The van der Waals surface area contributed by atoms with E-state index in [1.54, 1.807) is 12.2 Å². The second kappa shape index (κ2) is 7.60. The summed E-state index contributed by atoms with van der Waals surface area (Å²) in [6.07, 6.45) is 5.95. The minimum absolute atomic E-state index is 0.0585. The Morgan fingerprint density at radius 3 is 2.74 bits per heavy atom. The summed E-state index contributed by atoms with van der Waals surface area (Å²) in [4.78, 5) is 20.2. The molecule has 1 aliphatic rings. The highest BCUT2D eigenvalue weighted by Gasteiger charge is 2.17. The Kier molecular flexibility index (Phi) is 6.11. The largest absolute Gasteiger partial charge is 0.505 e. The Morgan fingerprint density at radius 1 is 1.53 bits per heavy atom. The molecule has 0 saturated heterocycles. The van der Waals surface area contributed by atoms with E-state index in [9.17, 15) is 9.90 Å². The molecule has 1 atom stereocenters. The van der Waals surface area contributed by atoms with Gasteiger partial charge in [-0.25, -0.2) is 0 Å². The molecule has 19 heavy (non-hydrogen) atoms. The van der Waals surface area contributed by atoms with Crippen molar-refractivity contribution < 1.29 is 29.5 Å². The van der Waals surface area contributed by atoms with Gasteiger partial charge in [0.25, 0.3) is 0 Å². The fraction of sp³-hybridized carbons (Fsp3) is 0.462. The van der Waals surface area contributed by atoms with E-state index < -0.39 is 5.97 Å². The van der Waals surface area contributed by atoms with Crippen molar-refractivity contribution in [3.63, 3.8) is 0 Å². The minimum Gasteiger partial charge on any atom is -0.505 e. The van der Waals surface area contributed by atoms with E-state index in [1.165, 1.54) is 14.0 Å². The highest BCUT2D eigenvalue weighted by molar-refractivity contribution is 5.66. The van der Waals surface area contributed by atoms with Crippen molar-refractivity contribution in [1.82, 2.24) is 0 Å². The quantitative estimate of drug-likeness (QED) is 0.328. The first-order valence-electron chi connectivity index (χ1n) is 5.84. The van der Waals surface area contributed by atoms with Crippen LogP contribution in [0.25, 0.3) is 0 Å². The first-order chi connectivity index (χ1) is 9.08. The van der Waals surface area contributed by atoms with Crippen molar-refractivity contribution in [2.45, 2.75) is 13.3 Å². The van der Waals surface area contributed by atoms with Gasteiger partial charge >= 0.3 is 5.97 Å². The Hall–Kier alpha value is -1.79. The molecule has 0 aromatic heterocycles. The van der Waals surface area contributed by atoms with E-state index in [2.05, 4.69) is 4.89 Å². The van der Waals surface area contributed by atoms with E-state index in [0.717, 1.165) is 0 Å². The summed E-state index contributed by atoms with van der Waals surface area (Å²) in [6, 6.07) is 0. The molecule has 0 aromatic rings. The number of esters is 1. The minimum atomic E-state index is -0.503. The van der Waals surface area contributed by atoms with Gasteiger partial charge in [0, 0.05) is 25.0 Å². The lowest BCUT2D eigenvalue weighted by Gasteiger charge is -2.16. The summed E-state index contributed by atoms with van der Waals surface area (Å²) in [6.45, 7) is 1.02. The van der Waals surface area contributed by atoms with E-state index >= 15 is 0 Å². The van der Waals surface area contributed by atoms with Crippen LogP contribution in [0, 0.1) is 5.92 Å². The third kappa shape index (κ3) is 4.76. The third-order valence-electron chi connectivity index (χ3n) is 2.53. The maximum absolute atomic E-state index is 10.7. The molecule has 0 saturated carbocycles. The molecule has 1 rings (SSSR count). The highest BCUT2D eigenvalue weighted by Crippen LogP contribution is 2.24. The summed E-state index contributed by atoms with van der Waals surface area (Å²) in [7, 11) is 1.31. The van der Waals surface area contributed by atoms with E-state index in [0.29, 0.717) is 12.0 Å². The monoisotopic (exact) mass is 270 g/mol. The van der Waals surface area contributed by atoms with Crippen LogP contribution >= 0.6 is 0 Å². The number of hydrogen-bond acceptors (Lipinski definition) is 6. The number of carbonyl (C=O) groups excluding carboxylic acids is 1. The number of aliphatic hydroxyl groups is 2. The average molecular weight is 270 g/mol. The highest BCUT2D eigenvalue weighted by atomic mass is 17.2. The molecular weight excluding hydrogens is 252 g/mol. The van der Waals surface area contributed by atoms with Gasteiger partial charge in [-0.05, 0) is 6.42 Å². The molecular formula is C13H18O6. The van der Waals surface area contributed by atoms with Gasteiger partial charge in [0.15, 0.2) is 12.4 Å². The normalized spacial score (nSPS) is 19.5. The molecule has 0 aliphatic heterocycles. The fourth-order valence-corrected chi connectivity index (χ4v) is 1.55. The Morgan fingerprint density at radius 2 is 2.26 bits per heavy atom. The average Bonchev–Trinajstić information content (AvgIpc) is 2.42. The number of allylic oxidation sites excluding steroid dienone is 2. The smallest absolute Gasteiger partial charge is 0.303 e. The van der Waals surface area contributed by atoms with Crippen LogP contribution in [0.1, 0.15) is 13.3 Å². The standard InChI is InChI=1S/C13H18O6/c1-9(15)18-8-12(16)13(19-17-2)11-5-3-10(7-14)4-6-11/h3,5-6,10,14,16H,4,7-8H2,1-2H3/b13-12-. The molecule has 0 amide bonds. The van der Waals surface area contributed by atoms with Crippen LogP contribution in [0.4, 0.5) is 0 Å². The first-order valence-corrected chi connectivity index (χ1v) is 5.84. The van der Waals surface area contributed by atoms with Crippen LogP contribution in [-0.4, -0.2) is 36.5 Å². The molecule has 6 nitrogen and oxygen atoms in total. The third-order valence-corrected chi connectivity index (χ3v) is 2.53. The number of ether oxygens (including phenoxy) is 1. The number of aliphatic hydroxyl groups excluding tert-OH is 2. The van der Waals surface area contributed by atoms with Gasteiger partial charge in [-0.3, -0.25) is 4.79 Å². The molecule has 1 unspecified atom stereocenters. The zero-order valence-electron chi connectivity index (χ0n) is 11.0. The van der Waals surface area contributed by atoms with Crippen molar-refractivity contribution >= 4 is 5.97 Å². The van der Waals surface area contributed by atoms with Gasteiger partial charge < -0.3 is 19.8 Å². The zero-order valence-corrected chi connectivity index (χ0v) is 11.0. The molecule has 0 radical (unpaired) electrons. The van der Waals surface area contributed by atoms with Gasteiger partial charge in [0.2, 0.25) is 5.76 Å². The van der Waals surface area contributed by atoms with Gasteiger partial charge in [-0.15, -0.1) is 0 Å². The predicted octanol–water partition coefficient (Wildman–Crippen LogP) is 1.39. The number of carbonyl (C=O) groups is 1. The van der Waals surface area contributed by atoms with Gasteiger partial charge in [0.05, 0.1) is 7.11 Å². The molecule has 0 heterocycles. The van der Waals surface area contributed by atoms with Crippen molar-refractivity contribution in [2.24, 2.45) is 5.92 Å². The molecule has 0 spiro atoms. The van der Waals surface area contributed by atoms with Crippen LogP contribution in [0.5, 0.6) is 0 Å². The van der Waals surface area contributed by atoms with E-state index in [-0.39, 0.29) is 30.6 Å². The maximum Gasteiger partial charge on any atom is 0.303 e. The first kappa shape index (κ1) is 15.3. The topological polar surface area (TPSA) is 85.2 Å². The predicted molar refractivity (Wildman–Crippen MR) is 66.8 cm³/mol. The van der Waals surface area contributed by atoms with Crippen LogP contribution in [0.15, 0.2) is 35.3 Å². The van der Waals surface area contributed by atoms with Crippen LogP contribution < -0.4 is 0 Å². The molecule has 2 N–H and O–H groups in total. The Labute approximate surface area is 111 Å². The Balaban J connectivity index is 2.82. The number of rotatable bonds is 6. The van der Waals surface area contributed by atoms with Gasteiger partial charge in [-0.2, -0.15) is 4.89 Å². The molecule has 106 valence electrons. The molecule has 1 aliphatic carbocycles. The second-order valence-corrected chi connectivity index (χ2v) is 4.00. The zero-order chi connectivity index (χ0) is 14.3. The maximum atomic E-state index is 10.7. The summed E-state index contributed by atoms with van der Waals surface area (Å²) in [5.41, 5.74) is 0.608. The van der Waals surface area contributed by atoms with Crippen molar-refractivity contribution in [3.05, 3.63) is 35.3 Å². The van der Waals surface area contributed by atoms with E-state index in [4.69, 9.17) is 14.7 Å². The van der Waals surface area contributed by atoms with Gasteiger partial charge in [0.1, 0.15) is 0 Å². The summed E-state index contributed by atoms with van der Waals surface area (Å²) >= 11 is 0. The summed E-state index contributed by atoms with van der Waals surface area (Å²) in [5, 5.41) is 18.9. The summed E-state index contributed by atoms with van der Waals surface area (Å²) in [5.74, 6) is -0.591. The SMILES string of the molecule is COO/C(C1=CCC(CO)C=C1)=C(\O)COC(C)=O. The second-order valence-electron chi connectivity index (χ2n) is 4.00. The lowest BCUT2D eigenvalue weighted by atomic mass is 9.96. The molecule has 0 bridgehead atoms. The lowest BCUT2D eigenvalue weighted by molar-refractivity contribution is -0.237. The van der Waals surface area contributed by atoms with Crippen molar-refractivity contribution in [2.75, 3.05) is 20.3 Å². The molecule has 0 aromatic carbocycles. The van der Waals surface area contributed by atoms with Crippen molar-refractivity contribution in [3.8, 4) is 0 Å². The molecule has 0 fully saturated rings. The van der Waals surface area contributed by atoms with Gasteiger partial charge in [-0.1, -0.05) is 18.2 Å². The molecule has 6 heteroatoms. The van der Waals surface area contributed by atoms with Crippen molar-refractivity contribution in [1.29, 1.82) is 0 Å². The summed E-state index contributed by atoms with van der Waals surface area (Å²) < 4.78 is 4.69. The van der Waals surface area contributed by atoms with E-state index in [1.807, 2.05) is 6.08 Å². The van der Waals surface area contributed by atoms with Crippen LogP contribution in [0.3, 0.4) is 0 Å². The Bertz CT molecular complexity index is 407. The lowest BCUT2D eigenvalue weighted by Crippen LogP contribution is -2.10. The van der Waals surface area contributed by atoms with Crippen LogP contribution in [-0.2, 0) is 19.3 Å². The number of hydrogen-bond donors (Lipinski definition) is 2. The van der Waals surface area contributed by atoms with Crippen LogP contribution in [0.2, 0.25) is 0 Å². The fourth-order valence-electron chi connectivity index (χ4n) is 1.55.